The zero-order valence-electron chi connectivity index (χ0n) is 8.79. The molecule has 80 valence electrons. The highest BCUT2D eigenvalue weighted by Gasteiger charge is 2.43. The number of hydrogen-bond donors (Lipinski definition) is 0. The van der Waals surface area contributed by atoms with Crippen LogP contribution in [0.1, 0.15) is 32.1 Å². The summed E-state index contributed by atoms with van der Waals surface area (Å²) in [6, 6.07) is 0.946. The second-order valence-corrected chi connectivity index (χ2v) is 5.85. The molecule has 2 bridgehead atoms. The molecule has 2 heteroatoms. The van der Waals surface area contributed by atoms with Crippen molar-refractivity contribution in [2.24, 2.45) is 17.8 Å². The van der Waals surface area contributed by atoms with Crippen LogP contribution in [0.3, 0.4) is 0 Å². The predicted molar refractivity (Wildman–Crippen MR) is 59.6 cm³/mol. The van der Waals surface area contributed by atoms with Gasteiger partial charge in [-0.05, 0) is 50.0 Å². The van der Waals surface area contributed by atoms with Gasteiger partial charge in [-0.2, -0.15) is 0 Å². The first kappa shape index (κ1) is 9.47. The molecule has 3 aliphatic rings. The smallest absolute Gasteiger partial charge is 0.0264 e. The van der Waals surface area contributed by atoms with E-state index in [-0.39, 0.29) is 0 Å². The minimum atomic E-state index is 0.788. The average Bonchev–Trinajstić information content (AvgIpc) is 2.93. The van der Waals surface area contributed by atoms with Gasteiger partial charge in [0.2, 0.25) is 0 Å². The Morgan fingerprint density at radius 2 is 2.07 bits per heavy atom. The maximum absolute atomic E-state index is 5.93. The SMILES string of the molecule is ClCC1CCN(C2CC3CCC2C3)C1. The Bertz CT molecular complexity index is 218. The van der Waals surface area contributed by atoms with Crippen molar-refractivity contribution >= 4 is 11.6 Å². The summed E-state index contributed by atoms with van der Waals surface area (Å²) in [6.07, 6.45) is 7.41. The van der Waals surface area contributed by atoms with E-state index in [0.29, 0.717) is 0 Å². The number of fused-ring (bicyclic) bond motifs is 2. The van der Waals surface area contributed by atoms with Crippen molar-refractivity contribution in [2.45, 2.75) is 38.1 Å². The molecular formula is C12H20ClN. The average molecular weight is 214 g/mol. The molecule has 0 spiro atoms. The van der Waals surface area contributed by atoms with Crippen molar-refractivity contribution in [3.05, 3.63) is 0 Å². The molecule has 2 saturated carbocycles. The van der Waals surface area contributed by atoms with Gasteiger partial charge in [0.25, 0.3) is 0 Å². The molecule has 0 aromatic rings. The van der Waals surface area contributed by atoms with Crippen LogP contribution in [-0.4, -0.2) is 29.9 Å². The van der Waals surface area contributed by atoms with Gasteiger partial charge in [-0.1, -0.05) is 6.42 Å². The number of halogens is 1. The van der Waals surface area contributed by atoms with Crippen LogP contribution in [0.15, 0.2) is 0 Å². The summed E-state index contributed by atoms with van der Waals surface area (Å²) in [5.41, 5.74) is 0. The third-order valence-electron chi connectivity index (χ3n) is 4.71. The molecular weight excluding hydrogens is 194 g/mol. The van der Waals surface area contributed by atoms with E-state index in [1.165, 1.54) is 45.2 Å². The molecule has 4 unspecified atom stereocenters. The topological polar surface area (TPSA) is 3.24 Å². The Morgan fingerprint density at radius 3 is 2.64 bits per heavy atom. The van der Waals surface area contributed by atoms with Crippen LogP contribution in [0, 0.1) is 17.8 Å². The summed E-state index contributed by atoms with van der Waals surface area (Å²) in [7, 11) is 0. The van der Waals surface area contributed by atoms with Crippen LogP contribution < -0.4 is 0 Å². The van der Waals surface area contributed by atoms with Gasteiger partial charge in [0.05, 0.1) is 0 Å². The van der Waals surface area contributed by atoms with Crippen molar-refractivity contribution in [3.63, 3.8) is 0 Å². The van der Waals surface area contributed by atoms with E-state index >= 15 is 0 Å². The molecule has 1 nitrogen and oxygen atoms in total. The lowest BCUT2D eigenvalue weighted by molar-refractivity contribution is 0.171. The molecule has 0 amide bonds. The summed E-state index contributed by atoms with van der Waals surface area (Å²) in [6.45, 7) is 2.61. The van der Waals surface area contributed by atoms with Gasteiger partial charge in [0, 0.05) is 18.5 Å². The Morgan fingerprint density at radius 1 is 1.14 bits per heavy atom. The number of likely N-dealkylation sites (tertiary alicyclic amines) is 1. The number of hydrogen-bond acceptors (Lipinski definition) is 1. The summed E-state index contributed by atoms with van der Waals surface area (Å²) in [5, 5.41) is 0. The fourth-order valence-electron chi connectivity index (χ4n) is 3.95. The molecule has 2 aliphatic carbocycles. The van der Waals surface area contributed by atoms with E-state index < -0.39 is 0 Å². The second-order valence-electron chi connectivity index (χ2n) is 5.55. The summed E-state index contributed by atoms with van der Waals surface area (Å²) < 4.78 is 0. The van der Waals surface area contributed by atoms with E-state index in [0.717, 1.165) is 29.7 Å². The van der Waals surface area contributed by atoms with Crippen molar-refractivity contribution in [2.75, 3.05) is 19.0 Å². The Balaban J connectivity index is 1.62. The number of rotatable bonds is 2. The van der Waals surface area contributed by atoms with Crippen molar-refractivity contribution < 1.29 is 0 Å². The number of nitrogens with zero attached hydrogens (tertiary/aromatic N) is 1. The van der Waals surface area contributed by atoms with Gasteiger partial charge >= 0.3 is 0 Å². The molecule has 3 rings (SSSR count). The van der Waals surface area contributed by atoms with Gasteiger partial charge < -0.3 is 0 Å². The summed E-state index contributed by atoms with van der Waals surface area (Å²) in [5.74, 6) is 3.79. The highest BCUT2D eigenvalue weighted by molar-refractivity contribution is 6.18. The predicted octanol–water partition coefficient (Wildman–Crippen LogP) is 2.74. The van der Waals surface area contributed by atoms with Crippen LogP contribution >= 0.6 is 11.6 Å². The van der Waals surface area contributed by atoms with Crippen LogP contribution in [-0.2, 0) is 0 Å². The lowest BCUT2D eigenvalue weighted by Gasteiger charge is -2.31. The van der Waals surface area contributed by atoms with Gasteiger partial charge in [-0.25, -0.2) is 0 Å². The van der Waals surface area contributed by atoms with Crippen LogP contribution in [0.25, 0.3) is 0 Å². The molecule has 14 heavy (non-hydrogen) atoms. The Hall–Kier alpha value is 0.250. The molecule has 0 aromatic heterocycles. The maximum atomic E-state index is 5.93. The zero-order valence-corrected chi connectivity index (χ0v) is 9.55. The zero-order chi connectivity index (χ0) is 9.54. The van der Waals surface area contributed by atoms with Crippen molar-refractivity contribution in [1.29, 1.82) is 0 Å². The lowest BCUT2D eigenvalue weighted by atomic mass is 9.94. The minimum Gasteiger partial charge on any atom is -0.300 e. The van der Waals surface area contributed by atoms with E-state index in [4.69, 9.17) is 11.6 Å². The molecule has 1 saturated heterocycles. The monoisotopic (exact) mass is 213 g/mol. The normalized spacial score (nSPS) is 47.8. The Kier molecular flexibility index (Phi) is 2.49. The van der Waals surface area contributed by atoms with Gasteiger partial charge in [0.1, 0.15) is 0 Å². The van der Waals surface area contributed by atoms with Crippen molar-refractivity contribution in [3.8, 4) is 0 Å². The number of alkyl halides is 1. The fourth-order valence-corrected chi connectivity index (χ4v) is 4.20. The first-order valence-corrected chi connectivity index (χ1v) is 6.70. The van der Waals surface area contributed by atoms with Crippen molar-refractivity contribution in [1.82, 2.24) is 4.90 Å². The fraction of sp³-hybridized carbons (Fsp3) is 1.00. The van der Waals surface area contributed by atoms with E-state index in [1.54, 1.807) is 0 Å². The summed E-state index contributed by atoms with van der Waals surface area (Å²) >= 11 is 5.93. The quantitative estimate of drug-likeness (QED) is 0.638. The second kappa shape index (κ2) is 3.68. The molecule has 0 aromatic carbocycles. The molecule has 4 atom stereocenters. The Labute approximate surface area is 91.8 Å². The first-order chi connectivity index (χ1) is 6.86. The van der Waals surface area contributed by atoms with Crippen LogP contribution in [0.2, 0.25) is 0 Å². The molecule has 0 radical (unpaired) electrons. The van der Waals surface area contributed by atoms with Crippen LogP contribution in [0.4, 0.5) is 0 Å². The van der Waals surface area contributed by atoms with Crippen LogP contribution in [0.5, 0.6) is 0 Å². The third kappa shape index (κ3) is 1.49. The molecule has 1 heterocycles. The molecule has 1 aliphatic heterocycles. The maximum Gasteiger partial charge on any atom is 0.0264 e. The van der Waals surface area contributed by atoms with Gasteiger partial charge in [-0.15, -0.1) is 11.6 Å². The third-order valence-corrected chi connectivity index (χ3v) is 5.14. The van der Waals surface area contributed by atoms with E-state index in [9.17, 15) is 0 Å². The molecule has 0 N–H and O–H groups in total. The molecule has 3 fully saturated rings. The summed E-state index contributed by atoms with van der Waals surface area (Å²) in [4.78, 5) is 2.75. The highest BCUT2D eigenvalue weighted by Crippen LogP contribution is 2.47. The van der Waals surface area contributed by atoms with E-state index in [2.05, 4.69) is 4.90 Å². The first-order valence-electron chi connectivity index (χ1n) is 6.17. The lowest BCUT2D eigenvalue weighted by Crippen LogP contribution is -2.37. The van der Waals surface area contributed by atoms with E-state index in [1.807, 2.05) is 0 Å². The largest absolute Gasteiger partial charge is 0.300 e. The van der Waals surface area contributed by atoms with Gasteiger partial charge in [0.15, 0.2) is 0 Å². The standard InChI is InChI=1S/C12H20ClN/c13-7-10-3-4-14(8-10)12-6-9-1-2-11(12)5-9/h9-12H,1-8H2. The minimum absolute atomic E-state index is 0.788. The van der Waals surface area contributed by atoms with Gasteiger partial charge in [-0.3, -0.25) is 4.90 Å². The highest BCUT2D eigenvalue weighted by atomic mass is 35.5.